The third-order valence-corrected chi connectivity index (χ3v) is 3.62. The molecule has 0 saturated heterocycles. The van der Waals surface area contributed by atoms with Gasteiger partial charge >= 0.3 is 0 Å². The van der Waals surface area contributed by atoms with Crippen molar-refractivity contribution in [3.05, 3.63) is 34.2 Å². The van der Waals surface area contributed by atoms with Crippen molar-refractivity contribution in [1.29, 1.82) is 0 Å². The van der Waals surface area contributed by atoms with Crippen LogP contribution < -0.4 is 5.56 Å². The maximum absolute atomic E-state index is 11.6. The molecule has 1 aromatic heterocycles. The molecule has 1 aliphatic carbocycles. The Balaban J connectivity index is 2.21. The summed E-state index contributed by atoms with van der Waals surface area (Å²) in [6.45, 7) is 2.77. The first-order valence-electron chi connectivity index (χ1n) is 4.93. The molecule has 76 valence electrons. The van der Waals surface area contributed by atoms with Crippen LogP contribution in [0.2, 0.25) is 0 Å². The van der Waals surface area contributed by atoms with E-state index in [0.717, 1.165) is 17.9 Å². The monoisotopic (exact) mass is 209 g/mol. The highest BCUT2D eigenvalue weighted by Crippen LogP contribution is 2.47. The molecule has 1 aliphatic rings. The normalized spacial score (nSPS) is 18.1. The molecular weight excluding hydrogens is 194 g/mol. The molecule has 2 nitrogen and oxygen atoms in total. The van der Waals surface area contributed by atoms with Crippen molar-refractivity contribution in [1.82, 2.24) is 4.57 Å². The van der Waals surface area contributed by atoms with Crippen LogP contribution in [0.3, 0.4) is 0 Å². The van der Waals surface area contributed by atoms with E-state index < -0.39 is 0 Å². The molecule has 0 radical (unpaired) electrons. The largest absolute Gasteiger partial charge is 0.315 e. The Hall–Kier alpha value is -0.700. The molecule has 2 rings (SSSR count). The molecule has 0 N–H and O–H groups in total. The Morgan fingerprint density at radius 2 is 2.29 bits per heavy atom. The van der Waals surface area contributed by atoms with Crippen LogP contribution in [0.5, 0.6) is 0 Å². The molecule has 1 heterocycles. The number of hydrogen-bond acceptors (Lipinski definition) is 2. The van der Waals surface area contributed by atoms with Gasteiger partial charge in [-0.25, -0.2) is 0 Å². The molecule has 0 aliphatic heterocycles. The van der Waals surface area contributed by atoms with E-state index in [1.54, 1.807) is 10.6 Å². The van der Waals surface area contributed by atoms with Crippen LogP contribution in [0, 0.1) is 12.3 Å². The van der Waals surface area contributed by atoms with Crippen LogP contribution in [0.25, 0.3) is 0 Å². The maximum atomic E-state index is 11.6. The minimum Gasteiger partial charge on any atom is -0.315 e. The molecule has 1 saturated carbocycles. The number of aryl methyl sites for hydroxylation is 1. The van der Waals surface area contributed by atoms with Crippen molar-refractivity contribution in [3.8, 4) is 0 Å². The van der Waals surface area contributed by atoms with Gasteiger partial charge in [-0.15, -0.1) is 0 Å². The van der Waals surface area contributed by atoms with Crippen LogP contribution >= 0.6 is 12.6 Å². The number of thiol groups is 1. The second kappa shape index (κ2) is 3.46. The summed E-state index contributed by atoms with van der Waals surface area (Å²) in [7, 11) is 0. The second-order valence-electron chi connectivity index (χ2n) is 4.33. The van der Waals surface area contributed by atoms with Crippen molar-refractivity contribution in [3.63, 3.8) is 0 Å². The fourth-order valence-corrected chi connectivity index (χ4v) is 2.06. The van der Waals surface area contributed by atoms with E-state index >= 15 is 0 Å². The van der Waals surface area contributed by atoms with Crippen LogP contribution in [0.4, 0.5) is 0 Å². The van der Waals surface area contributed by atoms with Crippen molar-refractivity contribution in [2.75, 3.05) is 5.75 Å². The lowest BCUT2D eigenvalue weighted by Gasteiger charge is -2.13. The third kappa shape index (κ3) is 1.87. The summed E-state index contributed by atoms with van der Waals surface area (Å²) in [6, 6.07) is 3.67. The van der Waals surface area contributed by atoms with Crippen molar-refractivity contribution < 1.29 is 0 Å². The van der Waals surface area contributed by atoms with Crippen LogP contribution in [-0.2, 0) is 6.54 Å². The first-order valence-corrected chi connectivity index (χ1v) is 5.56. The maximum Gasteiger partial charge on any atom is 0.250 e. The molecule has 14 heavy (non-hydrogen) atoms. The molecule has 1 aromatic rings. The summed E-state index contributed by atoms with van der Waals surface area (Å²) in [4.78, 5) is 11.6. The van der Waals surface area contributed by atoms with E-state index in [1.807, 2.05) is 19.2 Å². The SMILES string of the molecule is Cc1ccn(CC2(CS)CC2)c(=O)c1. The Morgan fingerprint density at radius 1 is 1.57 bits per heavy atom. The van der Waals surface area contributed by atoms with Crippen molar-refractivity contribution >= 4 is 12.6 Å². The summed E-state index contributed by atoms with van der Waals surface area (Å²) in [5, 5.41) is 0. The van der Waals surface area contributed by atoms with E-state index in [-0.39, 0.29) is 5.56 Å². The Kier molecular flexibility index (Phi) is 2.43. The summed E-state index contributed by atoms with van der Waals surface area (Å²) >= 11 is 4.33. The summed E-state index contributed by atoms with van der Waals surface area (Å²) in [6.07, 6.45) is 4.30. The molecule has 0 atom stereocenters. The van der Waals surface area contributed by atoms with Gasteiger partial charge in [0.1, 0.15) is 0 Å². The first-order chi connectivity index (χ1) is 6.65. The molecule has 0 amide bonds. The average Bonchev–Trinajstić information content (AvgIpc) is 2.91. The number of nitrogens with zero attached hydrogens (tertiary/aromatic N) is 1. The standard InChI is InChI=1S/C11H15NOS/c1-9-2-5-12(10(13)6-9)7-11(8-14)3-4-11/h2,5-6,14H,3-4,7-8H2,1H3. The molecular formula is C11H15NOS. The Bertz CT molecular complexity index is 393. The Labute approximate surface area is 89.4 Å². The minimum absolute atomic E-state index is 0.109. The number of rotatable bonds is 3. The number of hydrogen-bond donors (Lipinski definition) is 1. The van der Waals surface area contributed by atoms with Crippen molar-refractivity contribution in [2.45, 2.75) is 26.3 Å². The quantitative estimate of drug-likeness (QED) is 0.754. The van der Waals surface area contributed by atoms with Crippen LogP contribution in [0.1, 0.15) is 18.4 Å². The lowest BCUT2D eigenvalue weighted by Crippen LogP contribution is -2.24. The van der Waals surface area contributed by atoms with Gasteiger partial charge in [0.2, 0.25) is 0 Å². The molecule has 0 bridgehead atoms. The summed E-state index contributed by atoms with van der Waals surface area (Å²) in [5.74, 6) is 0.882. The molecule has 3 heteroatoms. The molecule has 0 aromatic carbocycles. The average molecular weight is 209 g/mol. The van der Waals surface area contributed by atoms with E-state index in [1.165, 1.54) is 12.8 Å². The predicted octanol–water partition coefficient (Wildman–Crippen LogP) is 1.87. The highest BCUT2D eigenvalue weighted by Gasteiger charge is 2.41. The van der Waals surface area contributed by atoms with Gasteiger partial charge in [-0.3, -0.25) is 4.79 Å². The zero-order valence-corrected chi connectivity index (χ0v) is 9.26. The molecule has 0 spiro atoms. The lowest BCUT2D eigenvalue weighted by atomic mass is 10.1. The van der Waals surface area contributed by atoms with Gasteiger partial charge in [-0.05, 0) is 42.6 Å². The number of aromatic nitrogens is 1. The topological polar surface area (TPSA) is 22.0 Å². The van der Waals surface area contributed by atoms with E-state index in [0.29, 0.717) is 5.41 Å². The minimum atomic E-state index is 0.109. The van der Waals surface area contributed by atoms with Crippen molar-refractivity contribution in [2.24, 2.45) is 5.41 Å². The van der Waals surface area contributed by atoms with Gasteiger partial charge in [0.25, 0.3) is 5.56 Å². The highest BCUT2D eigenvalue weighted by molar-refractivity contribution is 7.80. The fraction of sp³-hybridized carbons (Fsp3) is 0.545. The van der Waals surface area contributed by atoms with Crippen LogP contribution in [0.15, 0.2) is 23.1 Å². The van der Waals surface area contributed by atoms with Gasteiger partial charge in [-0.2, -0.15) is 12.6 Å². The summed E-state index contributed by atoms with van der Waals surface area (Å²) in [5.41, 5.74) is 1.45. The van der Waals surface area contributed by atoms with Gasteiger partial charge in [0.05, 0.1) is 0 Å². The highest BCUT2D eigenvalue weighted by atomic mass is 32.1. The van der Waals surface area contributed by atoms with Gasteiger partial charge in [-0.1, -0.05) is 0 Å². The summed E-state index contributed by atoms with van der Waals surface area (Å²) < 4.78 is 1.80. The predicted molar refractivity (Wildman–Crippen MR) is 61.0 cm³/mol. The lowest BCUT2D eigenvalue weighted by molar-refractivity contribution is 0.463. The number of pyridine rings is 1. The first kappa shape index (κ1) is 9.84. The zero-order valence-electron chi connectivity index (χ0n) is 8.36. The fourth-order valence-electron chi connectivity index (χ4n) is 1.64. The van der Waals surface area contributed by atoms with E-state index in [9.17, 15) is 4.79 Å². The Morgan fingerprint density at radius 3 is 2.79 bits per heavy atom. The van der Waals surface area contributed by atoms with Gasteiger partial charge in [0.15, 0.2) is 0 Å². The molecule has 1 fully saturated rings. The van der Waals surface area contributed by atoms with E-state index in [4.69, 9.17) is 0 Å². The third-order valence-electron chi connectivity index (χ3n) is 2.95. The second-order valence-corrected chi connectivity index (χ2v) is 4.64. The van der Waals surface area contributed by atoms with Crippen LogP contribution in [-0.4, -0.2) is 10.3 Å². The van der Waals surface area contributed by atoms with E-state index in [2.05, 4.69) is 12.6 Å². The smallest absolute Gasteiger partial charge is 0.250 e. The van der Waals surface area contributed by atoms with Gasteiger partial charge in [0, 0.05) is 18.8 Å². The molecule has 0 unspecified atom stereocenters. The zero-order chi connectivity index (χ0) is 10.2. The van der Waals surface area contributed by atoms with Gasteiger partial charge < -0.3 is 4.57 Å².